The van der Waals surface area contributed by atoms with Gasteiger partial charge in [-0.05, 0) is 43.4 Å². The summed E-state index contributed by atoms with van der Waals surface area (Å²) in [6, 6.07) is 0. The van der Waals surface area contributed by atoms with Crippen molar-refractivity contribution in [2.45, 2.75) is 458 Å². The molecule has 0 radical (unpaired) electrons. The summed E-state index contributed by atoms with van der Waals surface area (Å²) in [6.07, 6.45) is 64.1. The standard InChI is InChI=1S/C84H164O17P2/c1-8-11-12-13-14-15-38-44-53-60-67-83(88)101-80(72-95-82(87)66-59-52-47-46-48-55-62-75(4)5)74-99-103(92,93)97-70-78(85)69-96-102(90,91)98-73-79(100-84(89)68-61-54-45-40-35-31-27-23-19-17-21-25-29-33-37-42-50-57-64-77(7)10-3)71-94-81(86)65-58-51-43-39-34-30-26-22-18-16-20-24-28-32-36-41-49-56-63-76(6)9-2/h75-80,85H,8-74H2,1-7H3,(H,90,91)(H,92,93)/t76?,77?,78-,79-,80-/m1/s1. The highest BCUT2D eigenvalue weighted by molar-refractivity contribution is 7.47. The summed E-state index contributed by atoms with van der Waals surface area (Å²) in [6.45, 7) is 12.0. The normalized spacial score (nSPS) is 14.4. The molecule has 103 heavy (non-hydrogen) atoms. The number of hydrogen-bond acceptors (Lipinski definition) is 15. The topological polar surface area (TPSA) is 237 Å². The molecule has 0 amide bonds. The number of esters is 4. The van der Waals surface area contributed by atoms with Gasteiger partial charge in [-0.25, -0.2) is 9.13 Å². The molecule has 0 bridgehead atoms. The molecule has 0 heterocycles. The molecular weight excluding hydrogens is 1340 g/mol. The Morgan fingerprint density at radius 3 is 0.738 bits per heavy atom. The highest BCUT2D eigenvalue weighted by Gasteiger charge is 2.30. The fraction of sp³-hybridized carbons (Fsp3) is 0.952. The lowest BCUT2D eigenvalue weighted by molar-refractivity contribution is -0.161. The van der Waals surface area contributed by atoms with Crippen LogP contribution in [0.15, 0.2) is 0 Å². The Hall–Kier alpha value is -1.94. The first-order chi connectivity index (χ1) is 49.8. The van der Waals surface area contributed by atoms with E-state index in [1.165, 1.54) is 244 Å². The van der Waals surface area contributed by atoms with Crippen molar-refractivity contribution in [1.82, 2.24) is 0 Å². The van der Waals surface area contributed by atoms with Crippen LogP contribution >= 0.6 is 15.6 Å². The summed E-state index contributed by atoms with van der Waals surface area (Å²) in [5.74, 6) is 0.313. The van der Waals surface area contributed by atoms with Gasteiger partial charge >= 0.3 is 39.5 Å². The van der Waals surface area contributed by atoms with Gasteiger partial charge in [0, 0.05) is 25.7 Å². The highest BCUT2D eigenvalue weighted by Crippen LogP contribution is 2.45. The predicted molar refractivity (Wildman–Crippen MR) is 423 cm³/mol. The first kappa shape index (κ1) is 101. The molecule has 3 N–H and O–H groups in total. The van der Waals surface area contributed by atoms with E-state index in [0.29, 0.717) is 31.6 Å². The second kappa shape index (κ2) is 74.2. The lowest BCUT2D eigenvalue weighted by Gasteiger charge is -2.21. The molecule has 0 aliphatic rings. The van der Waals surface area contributed by atoms with E-state index < -0.39 is 97.5 Å². The van der Waals surface area contributed by atoms with Crippen LogP contribution in [0.1, 0.15) is 440 Å². The largest absolute Gasteiger partial charge is 0.472 e. The molecular formula is C84H164O17P2. The Morgan fingerprint density at radius 2 is 0.495 bits per heavy atom. The molecule has 0 fully saturated rings. The molecule has 0 aromatic rings. The molecule has 0 aromatic heterocycles. The first-order valence-electron chi connectivity index (χ1n) is 43.4. The third-order valence-electron chi connectivity index (χ3n) is 20.4. The third kappa shape index (κ3) is 75.3. The van der Waals surface area contributed by atoms with Gasteiger partial charge in [0.1, 0.15) is 19.3 Å². The van der Waals surface area contributed by atoms with Gasteiger partial charge in [0.2, 0.25) is 0 Å². The number of ether oxygens (including phenoxy) is 4. The lowest BCUT2D eigenvalue weighted by atomic mass is 9.99. The molecule has 19 heteroatoms. The van der Waals surface area contributed by atoms with E-state index in [2.05, 4.69) is 48.5 Å². The van der Waals surface area contributed by atoms with E-state index in [1.807, 2.05) is 0 Å². The van der Waals surface area contributed by atoms with Crippen molar-refractivity contribution in [3.63, 3.8) is 0 Å². The molecule has 0 aliphatic heterocycles. The van der Waals surface area contributed by atoms with Crippen molar-refractivity contribution in [3.8, 4) is 0 Å². The van der Waals surface area contributed by atoms with Gasteiger partial charge in [-0.2, -0.15) is 0 Å². The van der Waals surface area contributed by atoms with Crippen LogP contribution in [0.5, 0.6) is 0 Å². The molecule has 0 aliphatic carbocycles. The number of hydrogen-bond donors (Lipinski definition) is 3. The van der Waals surface area contributed by atoms with Crippen molar-refractivity contribution >= 4 is 39.5 Å². The lowest BCUT2D eigenvalue weighted by Crippen LogP contribution is -2.30. The summed E-state index contributed by atoms with van der Waals surface area (Å²) in [7, 11) is -9.92. The van der Waals surface area contributed by atoms with Gasteiger partial charge in [-0.3, -0.25) is 37.3 Å². The van der Waals surface area contributed by atoms with Crippen LogP contribution in [0.3, 0.4) is 0 Å². The molecule has 0 rings (SSSR count). The van der Waals surface area contributed by atoms with E-state index in [1.54, 1.807) is 0 Å². The average Bonchev–Trinajstić information content (AvgIpc) is 0.909. The van der Waals surface area contributed by atoms with Crippen LogP contribution in [0.25, 0.3) is 0 Å². The van der Waals surface area contributed by atoms with Crippen LogP contribution in [0, 0.1) is 17.8 Å². The maximum atomic E-state index is 13.1. The summed E-state index contributed by atoms with van der Waals surface area (Å²) in [5.41, 5.74) is 0. The summed E-state index contributed by atoms with van der Waals surface area (Å²) < 4.78 is 68.7. The maximum absolute atomic E-state index is 13.1. The molecule has 0 saturated heterocycles. The summed E-state index contributed by atoms with van der Waals surface area (Å²) in [5, 5.41) is 10.6. The van der Waals surface area contributed by atoms with Crippen molar-refractivity contribution in [1.29, 1.82) is 0 Å². The molecule has 17 nitrogen and oxygen atoms in total. The maximum Gasteiger partial charge on any atom is 0.472 e. The highest BCUT2D eigenvalue weighted by atomic mass is 31.2. The van der Waals surface area contributed by atoms with Crippen molar-refractivity contribution < 1.29 is 80.2 Å². The third-order valence-corrected chi connectivity index (χ3v) is 22.3. The molecule has 0 aromatic carbocycles. The molecule has 0 spiro atoms. The fourth-order valence-electron chi connectivity index (χ4n) is 13.0. The number of unbranched alkanes of at least 4 members (excludes halogenated alkanes) is 48. The predicted octanol–water partition coefficient (Wildman–Crippen LogP) is 25.3. The molecule has 0 saturated carbocycles. The Balaban J connectivity index is 5.16. The fourth-order valence-corrected chi connectivity index (χ4v) is 14.5. The smallest absolute Gasteiger partial charge is 0.462 e. The number of carbonyl (C=O) groups is 4. The van der Waals surface area contributed by atoms with Gasteiger partial charge < -0.3 is 33.8 Å². The number of aliphatic hydroxyl groups is 1. The van der Waals surface area contributed by atoms with Crippen LogP contribution < -0.4 is 0 Å². The van der Waals surface area contributed by atoms with Gasteiger partial charge in [0.25, 0.3) is 0 Å². The quantitative estimate of drug-likeness (QED) is 0.0222. The van der Waals surface area contributed by atoms with Crippen molar-refractivity contribution in [2.75, 3.05) is 39.6 Å². The van der Waals surface area contributed by atoms with E-state index in [-0.39, 0.29) is 25.7 Å². The monoisotopic (exact) mass is 1510 g/mol. The van der Waals surface area contributed by atoms with Crippen molar-refractivity contribution in [3.05, 3.63) is 0 Å². The summed E-state index contributed by atoms with van der Waals surface area (Å²) in [4.78, 5) is 73.0. The Labute approximate surface area is 632 Å². The van der Waals surface area contributed by atoms with E-state index >= 15 is 0 Å². The zero-order valence-electron chi connectivity index (χ0n) is 67.8. The van der Waals surface area contributed by atoms with E-state index in [9.17, 15) is 43.2 Å². The van der Waals surface area contributed by atoms with E-state index in [0.717, 1.165) is 108 Å². The Kier molecular flexibility index (Phi) is 72.8. The van der Waals surface area contributed by atoms with E-state index in [4.69, 9.17) is 37.0 Å². The zero-order chi connectivity index (χ0) is 75.8. The Bertz CT molecular complexity index is 2000. The van der Waals surface area contributed by atoms with Gasteiger partial charge in [-0.15, -0.1) is 0 Å². The molecule has 7 atom stereocenters. The van der Waals surface area contributed by atoms with Crippen molar-refractivity contribution in [2.24, 2.45) is 17.8 Å². The van der Waals surface area contributed by atoms with Crippen LogP contribution in [0.4, 0.5) is 0 Å². The number of carbonyl (C=O) groups excluding carboxylic acids is 4. The van der Waals surface area contributed by atoms with Crippen LogP contribution in [0.2, 0.25) is 0 Å². The van der Waals surface area contributed by atoms with Crippen LogP contribution in [-0.4, -0.2) is 96.7 Å². The van der Waals surface area contributed by atoms with Crippen LogP contribution in [-0.2, 0) is 65.4 Å². The number of rotatable bonds is 82. The minimum absolute atomic E-state index is 0.105. The number of aliphatic hydroxyl groups excluding tert-OH is 1. The Morgan fingerprint density at radius 1 is 0.282 bits per heavy atom. The number of phosphoric acid groups is 2. The van der Waals surface area contributed by atoms with Gasteiger partial charge in [0.15, 0.2) is 12.2 Å². The zero-order valence-corrected chi connectivity index (χ0v) is 69.6. The molecule has 4 unspecified atom stereocenters. The molecule has 612 valence electrons. The summed E-state index contributed by atoms with van der Waals surface area (Å²) >= 11 is 0. The SMILES string of the molecule is CCCCCCCCCCCCC(=O)O[C@H](COC(=O)CCCCCCCCC(C)C)COP(=O)(O)OC[C@H](O)COP(=O)(O)OC[C@@H](COC(=O)CCCCCCCCCCCCCCCCCCCCC(C)CC)OC(=O)CCCCCCCCCCCCCCCCCCCCC(C)CC. The minimum atomic E-state index is -4.96. The number of phosphoric ester groups is 2. The van der Waals surface area contributed by atoms with Gasteiger partial charge in [-0.1, -0.05) is 389 Å². The first-order valence-corrected chi connectivity index (χ1v) is 46.4. The van der Waals surface area contributed by atoms with Gasteiger partial charge in [0.05, 0.1) is 26.4 Å². The average molecular weight is 1510 g/mol. The minimum Gasteiger partial charge on any atom is -0.462 e. The second-order valence-corrected chi connectivity index (χ2v) is 34.1. The second-order valence-electron chi connectivity index (χ2n) is 31.2.